The van der Waals surface area contributed by atoms with E-state index in [1.165, 1.54) is 19.4 Å². The van der Waals surface area contributed by atoms with Crippen molar-refractivity contribution in [3.05, 3.63) is 0 Å². The average molecular weight is 183 g/mol. The second-order valence-corrected chi connectivity index (χ2v) is 4.94. The summed E-state index contributed by atoms with van der Waals surface area (Å²) in [6, 6.07) is 0. The van der Waals surface area contributed by atoms with Crippen LogP contribution in [0.2, 0.25) is 0 Å². The molecule has 76 valence electrons. The Bertz CT molecular complexity index is 187. The molecule has 1 heterocycles. The van der Waals surface area contributed by atoms with Crippen LogP contribution in [0.15, 0.2) is 0 Å². The highest BCUT2D eigenvalue weighted by atomic mass is 16.5. The Morgan fingerprint density at radius 3 is 2.62 bits per heavy atom. The first-order valence-corrected chi connectivity index (χ1v) is 5.57. The van der Waals surface area contributed by atoms with Gasteiger partial charge in [0.05, 0.1) is 6.10 Å². The first kappa shape index (κ1) is 9.47. The van der Waals surface area contributed by atoms with Gasteiger partial charge in [-0.3, -0.25) is 5.32 Å². The third-order valence-electron chi connectivity index (χ3n) is 3.46. The lowest BCUT2D eigenvalue weighted by Gasteiger charge is -2.39. The van der Waals surface area contributed by atoms with Crippen LogP contribution in [0.4, 0.5) is 0 Å². The summed E-state index contributed by atoms with van der Waals surface area (Å²) in [7, 11) is 0. The Morgan fingerprint density at radius 1 is 1.46 bits per heavy atom. The summed E-state index contributed by atoms with van der Waals surface area (Å²) in [5.41, 5.74) is 0.514. The summed E-state index contributed by atoms with van der Waals surface area (Å²) in [6.07, 6.45) is 4.61. The van der Waals surface area contributed by atoms with Crippen molar-refractivity contribution < 1.29 is 4.74 Å². The van der Waals surface area contributed by atoms with Crippen molar-refractivity contribution in [2.45, 2.75) is 52.4 Å². The second kappa shape index (κ2) is 3.25. The molecule has 1 N–H and O–H groups in total. The van der Waals surface area contributed by atoms with Gasteiger partial charge in [0.1, 0.15) is 6.23 Å². The largest absolute Gasteiger partial charge is 0.359 e. The molecule has 0 amide bonds. The van der Waals surface area contributed by atoms with E-state index in [9.17, 15) is 0 Å². The zero-order valence-corrected chi connectivity index (χ0v) is 8.97. The van der Waals surface area contributed by atoms with Gasteiger partial charge in [-0.15, -0.1) is 0 Å². The van der Waals surface area contributed by atoms with E-state index in [2.05, 4.69) is 26.1 Å². The van der Waals surface area contributed by atoms with E-state index in [1.807, 2.05) is 0 Å². The van der Waals surface area contributed by atoms with Crippen LogP contribution in [0, 0.1) is 11.3 Å². The molecule has 2 rings (SSSR count). The topological polar surface area (TPSA) is 21.3 Å². The summed E-state index contributed by atoms with van der Waals surface area (Å²) in [6.45, 7) is 7.92. The van der Waals surface area contributed by atoms with Crippen molar-refractivity contribution >= 4 is 0 Å². The van der Waals surface area contributed by atoms with Gasteiger partial charge in [-0.25, -0.2) is 0 Å². The molecule has 0 aromatic rings. The molecule has 2 unspecified atom stereocenters. The first-order chi connectivity index (χ1) is 6.18. The van der Waals surface area contributed by atoms with Gasteiger partial charge in [0.2, 0.25) is 0 Å². The van der Waals surface area contributed by atoms with Crippen molar-refractivity contribution in [1.82, 2.24) is 5.32 Å². The quantitative estimate of drug-likeness (QED) is 0.708. The predicted molar refractivity (Wildman–Crippen MR) is 53.5 cm³/mol. The van der Waals surface area contributed by atoms with Gasteiger partial charge in [0.15, 0.2) is 0 Å². The Hall–Kier alpha value is -0.0800. The third kappa shape index (κ3) is 1.62. The van der Waals surface area contributed by atoms with Crippen LogP contribution in [-0.4, -0.2) is 18.9 Å². The SMILES string of the molecule is CCC1NCC2(CC2)C(C(C)C)O1. The zero-order valence-electron chi connectivity index (χ0n) is 8.97. The normalized spacial score (nSPS) is 36.9. The molecular weight excluding hydrogens is 162 g/mol. The third-order valence-corrected chi connectivity index (χ3v) is 3.46. The minimum absolute atomic E-state index is 0.304. The lowest BCUT2D eigenvalue weighted by atomic mass is 9.88. The van der Waals surface area contributed by atoms with Crippen molar-refractivity contribution in [3.8, 4) is 0 Å². The number of ether oxygens (including phenoxy) is 1. The van der Waals surface area contributed by atoms with Gasteiger partial charge in [-0.1, -0.05) is 20.8 Å². The van der Waals surface area contributed by atoms with E-state index in [0.717, 1.165) is 6.42 Å². The molecule has 13 heavy (non-hydrogen) atoms. The van der Waals surface area contributed by atoms with Gasteiger partial charge >= 0.3 is 0 Å². The van der Waals surface area contributed by atoms with E-state index < -0.39 is 0 Å². The van der Waals surface area contributed by atoms with E-state index in [0.29, 0.717) is 23.7 Å². The Balaban J connectivity index is 2.02. The summed E-state index contributed by atoms with van der Waals surface area (Å²) >= 11 is 0. The Kier molecular flexibility index (Phi) is 2.37. The van der Waals surface area contributed by atoms with Crippen LogP contribution >= 0.6 is 0 Å². The fourth-order valence-electron chi connectivity index (χ4n) is 2.51. The molecule has 1 spiro atoms. The zero-order chi connectivity index (χ0) is 9.47. The highest BCUT2D eigenvalue weighted by molar-refractivity contribution is 5.04. The smallest absolute Gasteiger partial charge is 0.108 e. The van der Waals surface area contributed by atoms with E-state index in [-0.39, 0.29) is 0 Å². The van der Waals surface area contributed by atoms with Crippen LogP contribution in [0.1, 0.15) is 40.0 Å². The molecule has 0 radical (unpaired) electrons. The fraction of sp³-hybridized carbons (Fsp3) is 1.00. The van der Waals surface area contributed by atoms with Crippen molar-refractivity contribution in [3.63, 3.8) is 0 Å². The molecule has 2 fully saturated rings. The molecule has 0 aromatic carbocycles. The van der Waals surface area contributed by atoms with Crippen molar-refractivity contribution in [2.24, 2.45) is 11.3 Å². The van der Waals surface area contributed by atoms with E-state index in [1.54, 1.807) is 0 Å². The van der Waals surface area contributed by atoms with Crippen molar-refractivity contribution in [2.75, 3.05) is 6.54 Å². The second-order valence-electron chi connectivity index (χ2n) is 4.94. The Labute approximate surface area is 81.0 Å². The maximum Gasteiger partial charge on any atom is 0.108 e. The van der Waals surface area contributed by atoms with Gasteiger partial charge in [-0.2, -0.15) is 0 Å². The number of rotatable bonds is 2. The van der Waals surface area contributed by atoms with Gasteiger partial charge in [0, 0.05) is 12.0 Å². The highest BCUT2D eigenvalue weighted by Crippen LogP contribution is 2.53. The monoisotopic (exact) mass is 183 g/mol. The van der Waals surface area contributed by atoms with Crippen LogP contribution in [0.25, 0.3) is 0 Å². The summed E-state index contributed by atoms with van der Waals surface area (Å²) in [5.74, 6) is 0.665. The van der Waals surface area contributed by atoms with Gasteiger partial charge in [-0.05, 0) is 25.2 Å². The molecule has 1 saturated carbocycles. The predicted octanol–water partition coefficient (Wildman–Crippen LogP) is 2.15. The molecule has 2 nitrogen and oxygen atoms in total. The maximum atomic E-state index is 6.06. The summed E-state index contributed by atoms with van der Waals surface area (Å²) in [4.78, 5) is 0. The average Bonchev–Trinajstić information content (AvgIpc) is 2.86. The summed E-state index contributed by atoms with van der Waals surface area (Å²) < 4.78 is 6.06. The number of nitrogens with one attached hydrogen (secondary N) is 1. The first-order valence-electron chi connectivity index (χ1n) is 5.57. The van der Waals surface area contributed by atoms with Crippen LogP contribution in [0.5, 0.6) is 0 Å². The standard InChI is InChI=1S/C11H21NO/c1-4-9-12-7-11(5-6-11)10(13-9)8(2)3/h8-10,12H,4-7H2,1-3H3. The molecule has 0 aromatic heterocycles. The van der Waals surface area contributed by atoms with Gasteiger partial charge in [0.25, 0.3) is 0 Å². The molecule has 0 bridgehead atoms. The molecule has 2 heteroatoms. The molecular formula is C11H21NO. The minimum Gasteiger partial charge on any atom is -0.359 e. The minimum atomic E-state index is 0.304. The lowest BCUT2D eigenvalue weighted by molar-refractivity contribution is -0.122. The lowest BCUT2D eigenvalue weighted by Crippen LogP contribution is -2.51. The molecule has 1 saturated heterocycles. The van der Waals surface area contributed by atoms with E-state index >= 15 is 0 Å². The number of hydrogen-bond donors (Lipinski definition) is 1. The molecule has 1 aliphatic carbocycles. The van der Waals surface area contributed by atoms with Gasteiger partial charge < -0.3 is 4.74 Å². The maximum absolute atomic E-state index is 6.06. The van der Waals surface area contributed by atoms with Crippen LogP contribution in [0.3, 0.4) is 0 Å². The fourth-order valence-corrected chi connectivity index (χ4v) is 2.51. The Morgan fingerprint density at radius 2 is 2.15 bits per heavy atom. The van der Waals surface area contributed by atoms with Crippen LogP contribution < -0.4 is 5.32 Å². The molecule has 2 atom stereocenters. The molecule has 1 aliphatic heterocycles. The number of hydrogen-bond acceptors (Lipinski definition) is 2. The van der Waals surface area contributed by atoms with Crippen LogP contribution in [-0.2, 0) is 4.74 Å². The highest BCUT2D eigenvalue weighted by Gasteiger charge is 2.53. The van der Waals surface area contributed by atoms with E-state index in [4.69, 9.17) is 4.74 Å². The van der Waals surface area contributed by atoms with Crippen molar-refractivity contribution in [1.29, 1.82) is 0 Å². The summed E-state index contributed by atoms with van der Waals surface area (Å²) in [5, 5.41) is 3.48. The molecule has 2 aliphatic rings.